The van der Waals surface area contributed by atoms with E-state index in [0.29, 0.717) is 19.8 Å². The number of benzene rings is 2. The predicted octanol–water partition coefficient (Wildman–Crippen LogP) is 3.68. The van der Waals surface area contributed by atoms with Gasteiger partial charge >= 0.3 is 0 Å². The van der Waals surface area contributed by atoms with Crippen LogP contribution in [0.25, 0.3) is 0 Å². The quantitative estimate of drug-likeness (QED) is 0.788. The monoisotopic (exact) mass is 352 g/mol. The minimum absolute atomic E-state index is 0.177. The van der Waals surface area contributed by atoms with E-state index >= 15 is 0 Å². The van der Waals surface area contributed by atoms with Crippen LogP contribution in [0.15, 0.2) is 54.6 Å². The summed E-state index contributed by atoms with van der Waals surface area (Å²) < 4.78 is 5.58. The minimum Gasteiger partial charge on any atom is -0.377 e. The summed E-state index contributed by atoms with van der Waals surface area (Å²) in [7, 11) is 0. The minimum atomic E-state index is -0.311. The van der Waals surface area contributed by atoms with Crippen LogP contribution in [0.4, 0.5) is 0 Å². The number of likely N-dealkylation sites (tertiary alicyclic amines) is 1. The lowest BCUT2D eigenvalue weighted by Gasteiger charge is -2.25. The Kier molecular flexibility index (Phi) is 6.81. The number of carbonyl (C=O) groups is 1. The van der Waals surface area contributed by atoms with Crippen molar-refractivity contribution in [3.05, 3.63) is 71.3 Å². The molecule has 26 heavy (non-hydrogen) atoms. The molecule has 2 aromatic carbocycles. The molecule has 0 aromatic heterocycles. The van der Waals surface area contributed by atoms with Gasteiger partial charge in [0.2, 0.25) is 5.91 Å². The molecule has 1 N–H and O–H groups in total. The number of amides is 1. The third-order valence-electron chi connectivity index (χ3n) is 4.87. The highest BCUT2D eigenvalue weighted by Gasteiger charge is 2.27. The largest absolute Gasteiger partial charge is 0.377 e. The highest BCUT2D eigenvalue weighted by Crippen LogP contribution is 2.20. The molecule has 0 aliphatic carbocycles. The Balaban J connectivity index is 1.75. The van der Waals surface area contributed by atoms with Gasteiger partial charge in [-0.2, -0.15) is 0 Å². The van der Waals surface area contributed by atoms with Crippen LogP contribution in [0.5, 0.6) is 0 Å². The lowest BCUT2D eigenvalue weighted by atomic mass is 10.0. The number of hydrogen-bond donors (Lipinski definition) is 1. The molecule has 0 saturated carbocycles. The Morgan fingerprint density at radius 1 is 1.04 bits per heavy atom. The molecule has 1 fully saturated rings. The first-order valence-corrected chi connectivity index (χ1v) is 9.51. The van der Waals surface area contributed by atoms with Gasteiger partial charge in [-0.15, -0.1) is 0 Å². The van der Waals surface area contributed by atoms with Gasteiger partial charge in [0.1, 0.15) is 6.04 Å². The van der Waals surface area contributed by atoms with E-state index in [-0.39, 0.29) is 11.9 Å². The van der Waals surface area contributed by atoms with Crippen LogP contribution >= 0.6 is 0 Å². The van der Waals surface area contributed by atoms with E-state index in [1.165, 1.54) is 11.1 Å². The molecule has 1 heterocycles. The molecule has 1 atom stereocenters. The molecular weight excluding hydrogens is 324 g/mol. The lowest BCUT2D eigenvalue weighted by molar-refractivity contribution is -0.132. The molecule has 1 saturated heterocycles. The Labute approximate surface area is 156 Å². The Bertz CT molecular complexity index is 696. The second-order valence-corrected chi connectivity index (χ2v) is 6.66. The van der Waals surface area contributed by atoms with E-state index in [9.17, 15) is 4.79 Å². The van der Waals surface area contributed by atoms with Gasteiger partial charge in [-0.25, -0.2) is 0 Å². The number of hydrogen-bond acceptors (Lipinski definition) is 3. The highest BCUT2D eigenvalue weighted by atomic mass is 16.5. The van der Waals surface area contributed by atoms with E-state index in [2.05, 4.69) is 17.4 Å². The van der Waals surface area contributed by atoms with Crippen LogP contribution in [-0.2, 0) is 22.7 Å². The first kappa shape index (κ1) is 18.6. The molecule has 3 rings (SSSR count). The zero-order chi connectivity index (χ0) is 18.2. The van der Waals surface area contributed by atoms with Crippen LogP contribution in [0.1, 0.15) is 42.5 Å². The molecule has 0 spiro atoms. The predicted molar refractivity (Wildman–Crippen MR) is 104 cm³/mol. The Hall–Kier alpha value is -2.17. The van der Waals surface area contributed by atoms with Gasteiger partial charge in [0.25, 0.3) is 0 Å². The van der Waals surface area contributed by atoms with Crippen molar-refractivity contribution in [3.63, 3.8) is 0 Å². The van der Waals surface area contributed by atoms with Crippen molar-refractivity contribution < 1.29 is 9.53 Å². The summed E-state index contributed by atoms with van der Waals surface area (Å²) in [5.74, 6) is 0.177. The van der Waals surface area contributed by atoms with Crippen LogP contribution in [0, 0.1) is 0 Å². The molecule has 0 radical (unpaired) electrons. The van der Waals surface area contributed by atoms with E-state index in [1.54, 1.807) is 0 Å². The van der Waals surface area contributed by atoms with E-state index < -0.39 is 0 Å². The summed E-state index contributed by atoms with van der Waals surface area (Å²) in [6, 6.07) is 18.0. The molecule has 138 valence electrons. The zero-order valence-corrected chi connectivity index (χ0v) is 15.5. The maximum absolute atomic E-state index is 13.1. The van der Waals surface area contributed by atoms with Crippen molar-refractivity contribution in [2.45, 2.75) is 39.0 Å². The van der Waals surface area contributed by atoms with Crippen LogP contribution < -0.4 is 5.32 Å². The van der Waals surface area contributed by atoms with Gasteiger partial charge in [-0.05, 0) is 36.5 Å². The average molecular weight is 352 g/mol. The normalized spacial score (nSPS) is 15.2. The fourth-order valence-corrected chi connectivity index (χ4v) is 3.41. The summed E-state index contributed by atoms with van der Waals surface area (Å²) in [5, 5.41) is 3.50. The molecule has 0 bridgehead atoms. The first-order chi connectivity index (χ1) is 12.8. The summed E-state index contributed by atoms with van der Waals surface area (Å²) in [4.78, 5) is 15.0. The molecule has 1 unspecified atom stereocenters. The SMILES string of the molecule is CCOCc1ccccc1CNC(C(=O)N1CCCC1)c1ccccc1. The molecule has 1 aliphatic heterocycles. The maximum Gasteiger partial charge on any atom is 0.244 e. The van der Waals surface area contributed by atoms with Gasteiger partial charge in [-0.3, -0.25) is 10.1 Å². The van der Waals surface area contributed by atoms with E-state index in [4.69, 9.17) is 4.74 Å². The second-order valence-electron chi connectivity index (χ2n) is 6.66. The molecular formula is C22H28N2O2. The number of nitrogens with one attached hydrogen (secondary N) is 1. The van der Waals surface area contributed by atoms with Gasteiger partial charge in [0.15, 0.2) is 0 Å². The third-order valence-corrected chi connectivity index (χ3v) is 4.87. The summed E-state index contributed by atoms with van der Waals surface area (Å²) in [6.45, 7) is 5.67. The second kappa shape index (κ2) is 9.51. The van der Waals surface area contributed by atoms with E-state index in [1.807, 2.05) is 54.3 Å². The van der Waals surface area contributed by atoms with Gasteiger partial charge in [0, 0.05) is 26.2 Å². The third kappa shape index (κ3) is 4.71. The molecule has 4 nitrogen and oxygen atoms in total. The number of carbonyl (C=O) groups excluding carboxylic acids is 1. The maximum atomic E-state index is 13.1. The topological polar surface area (TPSA) is 41.6 Å². The molecule has 1 aliphatic rings. The number of ether oxygens (including phenoxy) is 1. The highest BCUT2D eigenvalue weighted by molar-refractivity contribution is 5.83. The summed E-state index contributed by atoms with van der Waals surface area (Å²) in [6.07, 6.45) is 2.20. The lowest BCUT2D eigenvalue weighted by Crippen LogP contribution is -2.39. The smallest absolute Gasteiger partial charge is 0.244 e. The van der Waals surface area contributed by atoms with Crippen molar-refractivity contribution >= 4 is 5.91 Å². The first-order valence-electron chi connectivity index (χ1n) is 9.51. The average Bonchev–Trinajstić information content (AvgIpc) is 3.23. The molecule has 1 amide bonds. The Morgan fingerprint density at radius 2 is 1.69 bits per heavy atom. The van der Waals surface area contributed by atoms with Gasteiger partial charge in [0.05, 0.1) is 6.61 Å². The van der Waals surface area contributed by atoms with Crippen molar-refractivity contribution in [1.82, 2.24) is 10.2 Å². The van der Waals surface area contributed by atoms with Crippen molar-refractivity contribution in [3.8, 4) is 0 Å². The fraction of sp³-hybridized carbons (Fsp3) is 0.409. The number of rotatable bonds is 8. The van der Waals surface area contributed by atoms with Gasteiger partial charge < -0.3 is 9.64 Å². The van der Waals surface area contributed by atoms with Crippen molar-refractivity contribution in [2.75, 3.05) is 19.7 Å². The van der Waals surface area contributed by atoms with Crippen LogP contribution in [0.2, 0.25) is 0 Å². The molecule has 2 aromatic rings. The van der Waals surface area contributed by atoms with Crippen molar-refractivity contribution in [1.29, 1.82) is 0 Å². The summed E-state index contributed by atoms with van der Waals surface area (Å²) in [5.41, 5.74) is 3.37. The van der Waals surface area contributed by atoms with Crippen molar-refractivity contribution in [2.24, 2.45) is 0 Å². The molecule has 4 heteroatoms. The van der Waals surface area contributed by atoms with Crippen LogP contribution in [-0.4, -0.2) is 30.5 Å². The van der Waals surface area contributed by atoms with E-state index in [0.717, 1.165) is 31.5 Å². The Morgan fingerprint density at radius 3 is 2.38 bits per heavy atom. The fourth-order valence-electron chi connectivity index (χ4n) is 3.41. The standard InChI is InChI=1S/C22H28N2O2/c1-2-26-17-20-13-7-6-12-19(20)16-23-21(18-10-4-3-5-11-18)22(25)24-14-8-9-15-24/h3-7,10-13,21,23H,2,8-9,14-17H2,1H3. The number of nitrogens with zero attached hydrogens (tertiary/aromatic N) is 1. The van der Waals surface area contributed by atoms with Crippen LogP contribution in [0.3, 0.4) is 0 Å². The van der Waals surface area contributed by atoms with Gasteiger partial charge in [-0.1, -0.05) is 54.6 Å². The zero-order valence-electron chi connectivity index (χ0n) is 15.5. The summed E-state index contributed by atoms with van der Waals surface area (Å²) >= 11 is 0.